The lowest BCUT2D eigenvalue weighted by molar-refractivity contribution is -0.153. The zero-order valence-corrected chi connectivity index (χ0v) is 14.3. The number of aryl methyl sites for hydroxylation is 2. The van der Waals surface area contributed by atoms with Crippen LogP contribution in [0.15, 0.2) is 28.8 Å². The minimum Gasteiger partial charge on any atom is -0.453 e. The van der Waals surface area contributed by atoms with E-state index in [1.165, 1.54) is 6.92 Å². The lowest BCUT2D eigenvalue weighted by atomic mass is 10.1. The van der Waals surface area contributed by atoms with Crippen LogP contribution in [0.1, 0.15) is 35.9 Å². The third kappa shape index (κ3) is 4.67. The Morgan fingerprint density at radius 3 is 2.72 bits per heavy atom. The maximum atomic E-state index is 12.1. The molecular weight excluding hydrogens is 322 g/mol. The smallest absolute Gasteiger partial charge is 0.306 e. The van der Waals surface area contributed by atoms with Crippen molar-refractivity contribution in [3.8, 4) is 6.07 Å². The molecule has 25 heavy (non-hydrogen) atoms. The monoisotopic (exact) mass is 341 g/mol. The summed E-state index contributed by atoms with van der Waals surface area (Å²) in [4.78, 5) is 24.1. The van der Waals surface area contributed by atoms with Gasteiger partial charge in [0.25, 0.3) is 5.91 Å². The van der Waals surface area contributed by atoms with E-state index in [4.69, 9.17) is 14.5 Å². The van der Waals surface area contributed by atoms with Crippen molar-refractivity contribution in [2.24, 2.45) is 0 Å². The molecule has 1 N–H and O–H groups in total. The summed E-state index contributed by atoms with van der Waals surface area (Å²) in [6, 6.07) is 8.60. The number of nitrogens with one attached hydrogen (secondary N) is 1. The SMILES string of the molecule is Cc1noc(C)c1CCC(=O)O[C@@H](C)C(=O)Nc1ccccc1C#N. The van der Waals surface area contributed by atoms with Crippen LogP contribution in [0.5, 0.6) is 0 Å². The van der Waals surface area contributed by atoms with E-state index in [-0.39, 0.29) is 6.42 Å². The van der Waals surface area contributed by atoms with E-state index in [1.807, 2.05) is 6.07 Å². The van der Waals surface area contributed by atoms with Crippen LogP contribution in [0.3, 0.4) is 0 Å². The number of ether oxygens (including phenoxy) is 1. The maximum absolute atomic E-state index is 12.1. The van der Waals surface area contributed by atoms with Crippen LogP contribution in [0.2, 0.25) is 0 Å². The molecule has 7 nitrogen and oxygen atoms in total. The summed E-state index contributed by atoms with van der Waals surface area (Å²) in [6.45, 7) is 5.07. The summed E-state index contributed by atoms with van der Waals surface area (Å²) in [6.07, 6.45) is -0.412. The Bertz CT molecular complexity index is 800. The number of carbonyl (C=O) groups is 2. The van der Waals surface area contributed by atoms with Gasteiger partial charge in [0.1, 0.15) is 11.8 Å². The number of carbonyl (C=O) groups excluding carboxylic acids is 2. The van der Waals surface area contributed by atoms with Crippen molar-refractivity contribution < 1.29 is 18.8 Å². The van der Waals surface area contributed by atoms with Crippen molar-refractivity contribution in [2.75, 3.05) is 5.32 Å². The molecule has 7 heteroatoms. The quantitative estimate of drug-likeness (QED) is 0.810. The number of hydrogen-bond acceptors (Lipinski definition) is 6. The van der Waals surface area contributed by atoms with Crippen molar-refractivity contribution in [3.63, 3.8) is 0 Å². The number of esters is 1. The van der Waals surface area contributed by atoms with Gasteiger partial charge in [-0.3, -0.25) is 9.59 Å². The van der Waals surface area contributed by atoms with E-state index in [0.717, 1.165) is 11.3 Å². The highest BCUT2D eigenvalue weighted by atomic mass is 16.5. The molecule has 0 saturated carbocycles. The maximum Gasteiger partial charge on any atom is 0.306 e. The third-order valence-corrected chi connectivity index (χ3v) is 3.74. The first-order chi connectivity index (χ1) is 11.9. The summed E-state index contributed by atoms with van der Waals surface area (Å²) >= 11 is 0. The summed E-state index contributed by atoms with van der Waals surface area (Å²) < 4.78 is 10.2. The standard InChI is InChI=1S/C18H19N3O4/c1-11-15(12(2)25-21-11)8-9-17(22)24-13(3)18(23)20-16-7-5-4-6-14(16)10-19/h4-7,13H,8-9H2,1-3H3,(H,20,23)/t13-/m0/s1. The van der Waals surface area contributed by atoms with E-state index in [2.05, 4.69) is 10.5 Å². The lowest BCUT2D eigenvalue weighted by Gasteiger charge is -2.14. The lowest BCUT2D eigenvalue weighted by Crippen LogP contribution is -2.30. The van der Waals surface area contributed by atoms with E-state index >= 15 is 0 Å². The van der Waals surface area contributed by atoms with Crippen LogP contribution in [0, 0.1) is 25.2 Å². The van der Waals surface area contributed by atoms with Gasteiger partial charge in [-0.05, 0) is 39.3 Å². The summed E-state index contributed by atoms with van der Waals surface area (Å²) in [5.41, 5.74) is 2.34. The van der Waals surface area contributed by atoms with Gasteiger partial charge in [0, 0.05) is 12.0 Å². The number of aromatic nitrogens is 1. The number of nitrogens with zero attached hydrogens (tertiary/aromatic N) is 2. The highest BCUT2D eigenvalue weighted by Crippen LogP contribution is 2.16. The van der Waals surface area contributed by atoms with Crippen LogP contribution in [0.4, 0.5) is 5.69 Å². The highest BCUT2D eigenvalue weighted by Gasteiger charge is 2.19. The highest BCUT2D eigenvalue weighted by molar-refractivity contribution is 5.96. The molecule has 0 bridgehead atoms. The topological polar surface area (TPSA) is 105 Å². The molecule has 0 unspecified atom stereocenters. The van der Waals surface area contributed by atoms with Gasteiger partial charge in [-0.1, -0.05) is 17.3 Å². The molecule has 0 fully saturated rings. The molecule has 0 spiro atoms. The first-order valence-electron chi connectivity index (χ1n) is 7.83. The molecule has 1 aromatic carbocycles. The number of amides is 1. The molecule has 2 aromatic rings. The Labute approximate surface area is 145 Å². The van der Waals surface area contributed by atoms with Crippen molar-refractivity contribution in [3.05, 3.63) is 46.8 Å². The summed E-state index contributed by atoms with van der Waals surface area (Å²) in [7, 11) is 0. The molecule has 2 rings (SSSR count). The van der Waals surface area contributed by atoms with Gasteiger partial charge in [0.05, 0.1) is 16.9 Å². The minimum absolute atomic E-state index is 0.120. The Balaban J connectivity index is 1.88. The van der Waals surface area contributed by atoms with Gasteiger partial charge in [-0.15, -0.1) is 0 Å². The molecule has 1 atom stereocenters. The largest absolute Gasteiger partial charge is 0.453 e. The average molecular weight is 341 g/mol. The summed E-state index contributed by atoms with van der Waals surface area (Å²) in [5, 5.41) is 15.4. The normalized spacial score (nSPS) is 11.4. The average Bonchev–Trinajstić information content (AvgIpc) is 2.91. The van der Waals surface area contributed by atoms with Crippen LogP contribution in [0.25, 0.3) is 0 Å². The molecule has 0 radical (unpaired) electrons. The number of nitriles is 1. The Morgan fingerprint density at radius 1 is 1.36 bits per heavy atom. The molecular formula is C18H19N3O4. The number of para-hydroxylation sites is 1. The Hall–Kier alpha value is -3.14. The van der Waals surface area contributed by atoms with Crippen LogP contribution in [-0.4, -0.2) is 23.1 Å². The van der Waals surface area contributed by atoms with E-state index < -0.39 is 18.0 Å². The molecule has 0 aliphatic rings. The molecule has 0 aliphatic carbocycles. The molecule has 1 heterocycles. The number of rotatable bonds is 6. The molecule has 130 valence electrons. The van der Waals surface area contributed by atoms with E-state index in [9.17, 15) is 9.59 Å². The van der Waals surface area contributed by atoms with Crippen molar-refractivity contribution >= 4 is 17.6 Å². The fraction of sp³-hybridized carbons (Fsp3) is 0.333. The van der Waals surface area contributed by atoms with Gasteiger partial charge in [0.15, 0.2) is 6.10 Å². The van der Waals surface area contributed by atoms with E-state index in [1.54, 1.807) is 38.1 Å². The molecule has 0 aliphatic heterocycles. The van der Waals surface area contributed by atoms with E-state index in [0.29, 0.717) is 23.4 Å². The Kier molecular flexibility index (Phi) is 5.90. The fourth-order valence-electron chi connectivity index (χ4n) is 2.32. The van der Waals surface area contributed by atoms with Gasteiger partial charge < -0.3 is 14.6 Å². The van der Waals surface area contributed by atoms with Crippen LogP contribution >= 0.6 is 0 Å². The van der Waals surface area contributed by atoms with Gasteiger partial charge in [-0.2, -0.15) is 5.26 Å². The van der Waals surface area contributed by atoms with Crippen LogP contribution in [-0.2, 0) is 20.7 Å². The zero-order chi connectivity index (χ0) is 18.4. The van der Waals surface area contributed by atoms with Gasteiger partial charge in [-0.25, -0.2) is 0 Å². The van der Waals surface area contributed by atoms with Gasteiger partial charge >= 0.3 is 5.97 Å². The molecule has 0 saturated heterocycles. The summed E-state index contributed by atoms with van der Waals surface area (Å²) in [5.74, 6) is -0.311. The van der Waals surface area contributed by atoms with Crippen molar-refractivity contribution in [1.82, 2.24) is 5.16 Å². The second-order valence-corrected chi connectivity index (χ2v) is 5.58. The zero-order valence-electron chi connectivity index (χ0n) is 14.3. The van der Waals surface area contributed by atoms with Gasteiger partial charge in [0.2, 0.25) is 0 Å². The predicted octanol–water partition coefficient (Wildman–Crippen LogP) is 2.67. The Morgan fingerprint density at radius 2 is 2.08 bits per heavy atom. The van der Waals surface area contributed by atoms with Crippen LogP contribution < -0.4 is 5.32 Å². The predicted molar refractivity (Wildman–Crippen MR) is 89.6 cm³/mol. The van der Waals surface area contributed by atoms with Crippen molar-refractivity contribution in [1.29, 1.82) is 5.26 Å². The first-order valence-corrected chi connectivity index (χ1v) is 7.83. The number of benzene rings is 1. The minimum atomic E-state index is -0.969. The first kappa shape index (κ1) is 18.2. The van der Waals surface area contributed by atoms with Crippen molar-refractivity contribution in [2.45, 2.75) is 39.7 Å². The molecule has 1 amide bonds. The number of hydrogen-bond donors (Lipinski definition) is 1. The second kappa shape index (κ2) is 8.11. The number of anilines is 1. The molecule has 1 aromatic heterocycles. The third-order valence-electron chi connectivity index (χ3n) is 3.74. The fourth-order valence-corrected chi connectivity index (χ4v) is 2.32. The second-order valence-electron chi connectivity index (χ2n) is 5.58.